The first-order chi connectivity index (χ1) is 15.1. The van der Waals surface area contributed by atoms with Crippen LogP contribution in [0.5, 0.6) is 5.75 Å². The van der Waals surface area contributed by atoms with Crippen LogP contribution in [0.4, 0.5) is 5.13 Å². The van der Waals surface area contributed by atoms with Gasteiger partial charge < -0.3 is 4.74 Å². The number of thiazole rings is 1. The van der Waals surface area contributed by atoms with Crippen LogP contribution in [-0.2, 0) is 4.79 Å². The maximum Gasteiger partial charge on any atom is 0.264 e. The molecule has 0 aliphatic rings. The summed E-state index contributed by atoms with van der Waals surface area (Å²) in [6.45, 7) is 4.23. The largest absolute Gasteiger partial charge is 0.484 e. The normalized spacial score (nSPS) is 10.8. The number of nitrogens with zero attached hydrogens (tertiary/aromatic N) is 1. The van der Waals surface area contributed by atoms with Gasteiger partial charge in [-0.25, -0.2) is 4.98 Å². The molecule has 31 heavy (non-hydrogen) atoms. The zero-order chi connectivity index (χ0) is 21.6. The Hall–Kier alpha value is -3.44. The van der Waals surface area contributed by atoms with E-state index in [1.807, 2.05) is 60.0 Å². The Morgan fingerprint density at radius 1 is 0.903 bits per heavy atom. The van der Waals surface area contributed by atoms with Crippen molar-refractivity contribution in [3.05, 3.63) is 89.8 Å². The molecule has 0 aliphatic carbocycles. The molecule has 5 heteroatoms. The van der Waals surface area contributed by atoms with E-state index in [9.17, 15) is 4.79 Å². The molecule has 1 N–H and O–H groups in total. The minimum atomic E-state index is -0.228. The van der Waals surface area contributed by atoms with Crippen molar-refractivity contribution in [1.29, 1.82) is 0 Å². The van der Waals surface area contributed by atoms with Gasteiger partial charge in [-0.1, -0.05) is 80.6 Å². The lowest BCUT2D eigenvalue weighted by Crippen LogP contribution is -2.20. The maximum absolute atomic E-state index is 12.2. The Bertz CT molecular complexity index is 1130. The number of ether oxygens (including phenoxy) is 1. The van der Waals surface area contributed by atoms with E-state index in [0.717, 1.165) is 16.8 Å². The fourth-order valence-corrected chi connectivity index (χ4v) is 3.92. The van der Waals surface area contributed by atoms with Crippen LogP contribution in [0.1, 0.15) is 25.3 Å². The Kier molecular flexibility index (Phi) is 6.43. The summed E-state index contributed by atoms with van der Waals surface area (Å²) in [6, 6.07) is 26.3. The summed E-state index contributed by atoms with van der Waals surface area (Å²) in [6.07, 6.45) is 0. The molecule has 0 unspecified atom stereocenters. The van der Waals surface area contributed by atoms with Gasteiger partial charge in [-0.15, -0.1) is 11.3 Å². The second kappa shape index (κ2) is 9.58. The van der Waals surface area contributed by atoms with E-state index in [2.05, 4.69) is 48.4 Å². The zero-order valence-electron chi connectivity index (χ0n) is 17.5. The van der Waals surface area contributed by atoms with E-state index in [0.29, 0.717) is 16.8 Å². The molecule has 0 spiro atoms. The lowest BCUT2D eigenvalue weighted by atomic mass is 10.0. The van der Waals surface area contributed by atoms with Gasteiger partial charge in [0.2, 0.25) is 0 Å². The van der Waals surface area contributed by atoms with Crippen molar-refractivity contribution < 1.29 is 9.53 Å². The molecule has 0 bridgehead atoms. The third kappa shape index (κ3) is 5.38. The Morgan fingerprint density at radius 3 is 2.23 bits per heavy atom. The highest BCUT2D eigenvalue weighted by molar-refractivity contribution is 7.14. The number of rotatable bonds is 7. The first-order valence-corrected chi connectivity index (χ1v) is 11.1. The van der Waals surface area contributed by atoms with Crippen molar-refractivity contribution in [1.82, 2.24) is 4.98 Å². The number of nitrogens with one attached hydrogen (secondary N) is 1. The summed E-state index contributed by atoms with van der Waals surface area (Å²) in [5.41, 5.74) is 5.43. The number of carbonyl (C=O) groups excluding carboxylic acids is 1. The van der Waals surface area contributed by atoms with Crippen molar-refractivity contribution in [2.45, 2.75) is 19.8 Å². The van der Waals surface area contributed by atoms with Crippen molar-refractivity contribution in [3.63, 3.8) is 0 Å². The summed E-state index contributed by atoms with van der Waals surface area (Å²) < 4.78 is 5.59. The number of aromatic nitrogens is 1. The Labute approximate surface area is 186 Å². The monoisotopic (exact) mass is 428 g/mol. The van der Waals surface area contributed by atoms with Crippen molar-refractivity contribution in [2.75, 3.05) is 11.9 Å². The molecular formula is C26H24N2O2S. The van der Waals surface area contributed by atoms with Crippen molar-refractivity contribution in [3.8, 4) is 28.1 Å². The zero-order valence-corrected chi connectivity index (χ0v) is 18.4. The van der Waals surface area contributed by atoms with Gasteiger partial charge in [0.1, 0.15) is 5.75 Å². The molecule has 0 atom stereocenters. The lowest BCUT2D eigenvalue weighted by Gasteiger charge is -2.08. The highest BCUT2D eigenvalue weighted by Gasteiger charge is 2.10. The van der Waals surface area contributed by atoms with E-state index in [-0.39, 0.29) is 12.5 Å². The van der Waals surface area contributed by atoms with Crippen molar-refractivity contribution in [2.24, 2.45) is 0 Å². The Balaban J connectivity index is 1.33. The van der Waals surface area contributed by atoms with Crippen LogP contribution in [0.25, 0.3) is 22.4 Å². The molecule has 1 heterocycles. The van der Waals surface area contributed by atoms with E-state index >= 15 is 0 Å². The average Bonchev–Trinajstić information content (AvgIpc) is 3.27. The van der Waals surface area contributed by atoms with E-state index in [1.54, 1.807) is 0 Å². The van der Waals surface area contributed by atoms with Gasteiger partial charge in [-0.2, -0.15) is 0 Å². The molecule has 0 radical (unpaired) electrons. The predicted molar refractivity (Wildman–Crippen MR) is 128 cm³/mol. The lowest BCUT2D eigenvalue weighted by molar-refractivity contribution is -0.118. The number of hydrogen-bond donors (Lipinski definition) is 1. The summed E-state index contributed by atoms with van der Waals surface area (Å²) in [4.78, 5) is 16.8. The molecule has 3 aromatic carbocycles. The number of hydrogen-bond acceptors (Lipinski definition) is 4. The second-order valence-electron chi connectivity index (χ2n) is 7.54. The van der Waals surface area contributed by atoms with Gasteiger partial charge in [-0.05, 0) is 34.7 Å². The fourth-order valence-electron chi connectivity index (χ4n) is 3.18. The minimum absolute atomic E-state index is 0.0539. The van der Waals surface area contributed by atoms with Gasteiger partial charge in [0, 0.05) is 10.9 Å². The van der Waals surface area contributed by atoms with Crippen LogP contribution in [0, 0.1) is 0 Å². The van der Waals surface area contributed by atoms with E-state index < -0.39 is 0 Å². The minimum Gasteiger partial charge on any atom is -0.484 e. The van der Waals surface area contributed by atoms with Crippen molar-refractivity contribution >= 4 is 22.4 Å². The van der Waals surface area contributed by atoms with Crippen LogP contribution >= 0.6 is 11.3 Å². The summed E-state index contributed by atoms with van der Waals surface area (Å²) in [5.74, 6) is 0.914. The maximum atomic E-state index is 12.2. The first kappa shape index (κ1) is 20.8. The van der Waals surface area contributed by atoms with E-state index in [4.69, 9.17) is 4.74 Å². The molecule has 4 nitrogen and oxygen atoms in total. The van der Waals surface area contributed by atoms with E-state index in [1.165, 1.54) is 22.5 Å². The van der Waals surface area contributed by atoms with Gasteiger partial charge in [-0.3, -0.25) is 10.1 Å². The standard InChI is InChI=1S/C26H24N2O2S/c1-18(2)19-12-14-23(15-13-19)30-16-25(29)28-26-27-24(17-31-26)22-10-8-21(9-11-22)20-6-4-3-5-7-20/h3-15,17-18H,16H2,1-2H3,(H,27,28,29). The molecular weight excluding hydrogens is 404 g/mol. The summed E-state index contributed by atoms with van der Waals surface area (Å²) in [7, 11) is 0. The van der Waals surface area contributed by atoms with Gasteiger partial charge in [0.15, 0.2) is 11.7 Å². The SMILES string of the molecule is CC(C)c1ccc(OCC(=O)Nc2nc(-c3ccc(-c4ccccc4)cc3)cs2)cc1. The number of carbonyl (C=O) groups is 1. The molecule has 1 amide bonds. The summed E-state index contributed by atoms with van der Waals surface area (Å²) in [5, 5.41) is 5.32. The highest BCUT2D eigenvalue weighted by Crippen LogP contribution is 2.27. The first-order valence-electron chi connectivity index (χ1n) is 10.2. The van der Waals surface area contributed by atoms with Gasteiger partial charge in [0.05, 0.1) is 5.69 Å². The summed E-state index contributed by atoms with van der Waals surface area (Å²) >= 11 is 1.40. The average molecular weight is 429 g/mol. The predicted octanol–water partition coefficient (Wildman–Crippen LogP) is 6.62. The smallest absolute Gasteiger partial charge is 0.264 e. The molecule has 1 aromatic heterocycles. The fraction of sp³-hybridized carbons (Fsp3) is 0.154. The molecule has 4 aromatic rings. The van der Waals surface area contributed by atoms with Crippen LogP contribution in [0.2, 0.25) is 0 Å². The third-order valence-electron chi connectivity index (χ3n) is 4.96. The number of anilines is 1. The Morgan fingerprint density at radius 2 is 1.55 bits per heavy atom. The quantitative estimate of drug-likeness (QED) is 0.360. The van der Waals surface area contributed by atoms with Crippen LogP contribution in [0.15, 0.2) is 84.2 Å². The van der Waals surface area contributed by atoms with Crippen LogP contribution in [0.3, 0.4) is 0 Å². The van der Waals surface area contributed by atoms with Crippen LogP contribution in [-0.4, -0.2) is 17.5 Å². The molecule has 0 aliphatic heterocycles. The molecule has 0 fully saturated rings. The molecule has 0 saturated carbocycles. The second-order valence-corrected chi connectivity index (χ2v) is 8.40. The highest BCUT2D eigenvalue weighted by atomic mass is 32.1. The van der Waals surface area contributed by atoms with Gasteiger partial charge >= 0.3 is 0 Å². The third-order valence-corrected chi connectivity index (χ3v) is 5.71. The number of amides is 1. The van der Waals surface area contributed by atoms with Gasteiger partial charge in [0.25, 0.3) is 5.91 Å². The number of benzene rings is 3. The topological polar surface area (TPSA) is 51.2 Å². The molecule has 0 saturated heterocycles. The molecule has 156 valence electrons. The van der Waals surface area contributed by atoms with Crippen LogP contribution < -0.4 is 10.1 Å². The molecule has 4 rings (SSSR count).